The minimum atomic E-state index is -0.644. The Balaban J connectivity index is 1.71. The highest BCUT2D eigenvalue weighted by Crippen LogP contribution is 2.27. The van der Waals surface area contributed by atoms with Crippen LogP contribution in [0, 0.1) is 6.92 Å². The first kappa shape index (κ1) is 19.6. The van der Waals surface area contributed by atoms with Crippen LogP contribution in [-0.2, 0) is 20.9 Å². The van der Waals surface area contributed by atoms with Crippen molar-refractivity contribution >= 4 is 23.5 Å². The normalized spacial score (nSPS) is 10.1. The van der Waals surface area contributed by atoms with Crippen molar-refractivity contribution in [3.63, 3.8) is 0 Å². The van der Waals surface area contributed by atoms with E-state index in [0.29, 0.717) is 23.1 Å². The monoisotopic (exact) mass is 377 g/mol. The quantitative estimate of drug-likeness (QED) is 0.716. The third-order valence-corrected chi connectivity index (χ3v) is 3.68. The van der Waals surface area contributed by atoms with Gasteiger partial charge in [-0.2, -0.15) is 0 Å². The molecule has 0 fully saturated rings. The van der Waals surface area contributed by atoms with E-state index in [0.717, 1.165) is 11.1 Å². The number of halogens is 1. The molecule has 0 atom stereocenters. The van der Waals surface area contributed by atoms with Crippen LogP contribution < -0.4 is 14.8 Å². The predicted molar refractivity (Wildman–Crippen MR) is 97.5 cm³/mol. The van der Waals surface area contributed by atoms with Crippen molar-refractivity contribution in [2.24, 2.45) is 0 Å². The number of amides is 1. The van der Waals surface area contributed by atoms with Gasteiger partial charge >= 0.3 is 5.97 Å². The van der Waals surface area contributed by atoms with E-state index in [1.807, 2.05) is 13.0 Å². The first-order valence-electron chi connectivity index (χ1n) is 7.92. The Labute approximate surface area is 157 Å². The summed E-state index contributed by atoms with van der Waals surface area (Å²) >= 11 is 5.80. The second-order valence-electron chi connectivity index (χ2n) is 5.51. The minimum absolute atomic E-state index is 0.316. The highest BCUT2D eigenvalue weighted by molar-refractivity contribution is 6.30. The molecule has 26 heavy (non-hydrogen) atoms. The zero-order valence-electron chi connectivity index (χ0n) is 14.6. The van der Waals surface area contributed by atoms with Gasteiger partial charge in [0.1, 0.15) is 0 Å². The lowest BCUT2D eigenvalue weighted by Crippen LogP contribution is -2.29. The SMILES string of the molecule is COc1cc(C)ccc1OCC(=O)OCC(=O)NCc1ccc(Cl)cc1. The van der Waals surface area contributed by atoms with E-state index in [4.69, 9.17) is 25.8 Å². The molecule has 0 saturated carbocycles. The molecule has 0 saturated heterocycles. The van der Waals surface area contributed by atoms with E-state index in [9.17, 15) is 9.59 Å². The molecule has 0 aliphatic rings. The molecule has 0 aliphatic heterocycles. The fourth-order valence-electron chi connectivity index (χ4n) is 2.07. The summed E-state index contributed by atoms with van der Waals surface area (Å²) in [7, 11) is 1.52. The maximum absolute atomic E-state index is 11.7. The lowest BCUT2D eigenvalue weighted by atomic mass is 10.2. The summed E-state index contributed by atoms with van der Waals surface area (Å²) in [6.07, 6.45) is 0. The first-order chi connectivity index (χ1) is 12.5. The zero-order chi connectivity index (χ0) is 18.9. The Hall–Kier alpha value is -2.73. The molecule has 0 aliphatic carbocycles. The smallest absolute Gasteiger partial charge is 0.344 e. The Bertz CT molecular complexity index is 761. The molecule has 0 aromatic heterocycles. The second kappa shape index (κ2) is 9.68. The summed E-state index contributed by atoms with van der Waals surface area (Å²) < 4.78 is 15.5. The first-order valence-corrected chi connectivity index (χ1v) is 8.30. The molecular weight excluding hydrogens is 358 g/mol. The average molecular weight is 378 g/mol. The van der Waals surface area contributed by atoms with Gasteiger partial charge in [0.05, 0.1) is 7.11 Å². The Kier molecular flexibility index (Phi) is 7.29. The van der Waals surface area contributed by atoms with Gasteiger partial charge in [0.25, 0.3) is 5.91 Å². The van der Waals surface area contributed by atoms with Crippen molar-refractivity contribution in [2.75, 3.05) is 20.3 Å². The van der Waals surface area contributed by atoms with Gasteiger partial charge in [0.2, 0.25) is 0 Å². The van der Waals surface area contributed by atoms with Crippen molar-refractivity contribution in [1.29, 1.82) is 0 Å². The lowest BCUT2D eigenvalue weighted by molar-refractivity contribution is -0.150. The van der Waals surface area contributed by atoms with Crippen LogP contribution in [0.3, 0.4) is 0 Å². The summed E-state index contributed by atoms with van der Waals surface area (Å²) in [6, 6.07) is 12.4. The summed E-state index contributed by atoms with van der Waals surface area (Å²) in [4.78, 5) is 23.4. The number of aryl methyl sites for hydroxylation is 1. The number of methoxy groups -OCH3 is 1. The number of carbonyl (C=O) groups excluding carboxylic acids is 2. The number of rotatable bonds is 8. The van der Waals surface area contributed by atoms with Gasteiger partial charge in [-0.1, -0.05) is 29.8 Å². The largest absolute Gasteiger partial charge is 0.493 e. The van der Waals surface area contributed by atoms with Gasteiger partial charge in [-0.25, -0.2) is 4.79 Å². The van der Waals surface area contributed by atoms with Crippen LogP contribution >= 0.6 is 11.6 Å². The van der Waals surface area contributed by atoms with E-state index in [1.165, 1.54) is 7.11 Å². The summed E-state index contributed by atoms with van der Waals surface area (Å²) in [5.74, 6) is -0.0868. The number of carbonyl (C=O) groups is 2. The molecule has 0 bridgehead atoms. The Morgan fingerprint density at radius 3 is 2.46 bits per heavy atom. The molecule has 0 spiro atoms. The van der Waals surface area contributed by atoms with Crippen LogP contribution in [0.2, 0.25) is 5.02 Å². The third kappa shape index (κ3) is 6.29. The van der Waals surface area contributed by atoms with E-state index in [1.54, 1.807) is 36.4 Å². The van der Waals surface area contributed by atoms with Gasteiger partial charge in [-0.3, -0.25) is 4.79 Å². The number of hydrogen-bond donors (Lipinski definition) is 1. The molecule has 1 N–H and O–H groups in total. The summed E-state index contributed by atoms with van der Waals surface area (Å²) in [5.41, 5.74) is 1.90. The molecule has 2 aromatic rings. The maximum Gasteiger partial charge on any atom is 0.344 e. The third-order valence-electron chi connectivity index (χ3n) is 3.43. The maximum atomic E-state index is 11.7. The molecule has 0 unspecified atom stereocenters. The molecule has 0 radical (unpaired) electrons. The van der Waals surface area contributed by atoms with Gasteiger partial charge < -0.3 is 19.5 Å². The number of hydrogen-bond acceptors (Lipinski definition) is 5. The average Bonchev–Trinajstić information content (AvgIpc) is 2.64. The predicted octanol–water partition coefficient (Wildman–Crippen LogP) is 2.90. The highest BCUT2D eigenvalue weighted by atomic mass is 35.5. The topological polar surface area (TPSA) is 73.9 Å². The van der Waals surface area contributed by atoms with Crippen LogP contribution in [-0.4, -0.2) is 32.2 Å². The molecule has 138 valence electrons. The van der Waals surface area contributed by atoms with Crippen molar-refractivity contribution in [2.45, 2.75) is 13.5 Å². The van der Waals surface area contributed by atoms with Crippen LogP contribution in [0.25, 0.3) is 0 Å². The fraction of sp³-hybridized carbons (Fsp3) is 0.263. The number of ether oxygens (including phenoxy) is 3. The molecular formula is C19H20ClNO5. The lowest BCUT2D eigenvalue weighted by Gasteiger charge is -2.11. The van der Waals surface area contributed by atoms with E-state index in [2.05, 4.69) is 5.32 Å². The molecule has 6 nitrogen and oxygen atoms in total. The zero-order valence-corrected chi connectivity index (χ0v) is 15.3. The van der Waals surface area contributed by atoms with Crippen molar-refractivity contribution in [3.05, 3.63) is 58.6 Å². The van der Waals surface area contributed by atoms with Crippen LogP contribution in [0.15, 0.2) is 42.5 Å². The van der Waals surface area contributed by atoms with Crippen LogP contribution in [0.4, 0.5) is 0 Å². The van der Waals surface area contributed by atoms with Crippen LogP contribution in [0.1, 0.15) is 11.1 Å². The van der Waals surface area contributed by atoms with Gasteiger partial charge in [-0.05, 0) is 42.3 Å². The van der Waals surface area contributed by atoms with Crippen molar-refractivity contribution < 1.29 is 23.8 Å². The molecule has 1 amide bonds. The molecule has 7 heteroatoms. The van der Waals surface area contributed by atoms with Crippen LogP contribution in [0.5, 0.6) is 11.5 Å². The minimum Gasteiger partial charge on any atom is -0.493 e. The summed E-state index contributed by atoms with van der Waals surface area (Å²) in [5, 5.41) is 3.28. The van der Waals surface area contributed by atoms with E-state index in [-0.39, 0.29) is 13.2 Å². The number of nitrogens with one attached hydrogen (secondary N) is 1. The Morgan fingerprint density at radius 1 is 1.04 bits per heavy atom. The molecule has 0 heterocycles. The highest BCUT2D eigenvalue weighted by Gasteiger charge is 2.11. The van der Waals surface area contributed by atoms with E-state index < -0.39 is 11.9 Å². The standard InChI is InChI=1S/C19H20ClNO5/c1-13-3-8-16(17(9-13)24-2)25-12-19(23)26-11-18(22)21-10-14-4-6-15(20)7-5-14/h3-9H,10-12H2,1-2H3,(H,21,22). The fourth-order valence-corrected chi connectivity index (χ4v) is 2.20. The van der Waals surface area contributed by atoms with Crippen molar-refractivity contribution in [3.8, 4) is 11.5 Å². The second-order valence-corrected chi connectivity index (χ2v) is 5.94. The van der Waals surface area contributed by atoms with Gasteiger partial charge in [0.15, 0.2) is 24.7 Å². The van der Waals surface area contributed by atoms with E-state index >= 15 is 0 Å². The molecule has 2 aromatic carbocycles. The Morgan fingerprint density at radius 2 is 1.77 bits per heavy atom. The van der Waals surface area contributed by atoms with Crippen molar-refractivity contribution in [1.82, 2.24) is 5.32 Å². The van der Waals surface area contributed by atoms with Gasteiger partial charge in [-0.15, -0.1) is 0 Å². The number of esters is 1. The molecule has 2 rings (SSSR count). The summed E-state index contributed by atoms with van der Waals surface area (Å²) in [6.45, 7) is 1.55. The number of benzene rings is 2. The van der Waals surface area contributed by atoms with Gasteiger partial charge in [0, 0.05) is 11.6 Å².